The van der Waals surface area contributed by atoms with Crippen LogP contribution in [0.2, 0.25) is 0 Å². The number of anilines is 1. The van der Waals surface area contributed by atoms with E-state index in [1.54, 1.807) is 20.2 Å². The molecule has 0 bridgehead atoms. The lowest BCUT2D eigenvalue weighted by Gasteiger charge is -2.18. The van der Waals surface area contributed by atoms with E-state index in [2.05, 4.69) is 9.88 Å². The number of hydrogen-bond donors (Lipinski definition) is 1. The van der Waals surface area contributed by atoms with Gasteiger partial charge in [-0.05, 0) is 31.0 Å². The largest absolute Gasteiger partial charge is 0.389 e. The number of methoxy groups -OCH3 is 1. The summed E-state index contributed by atoms with van der Waals surface area (Å²) in [6.45, 7) is 3.40. The third-order valence-corrected chi connectivity index (χ3v) is 2.49. The number of aliphatic hydroxyl groups is 1. The smallest absolute Gasteiger partial charge is 0.128 e. The van der Waals surface area contributed by atoms with Gasteiger partial charge in [0.15, 0.2) is 0 Å². The Hall–Kier alpha value is -1.13. The van der Waals surface area contributed by atoms with Gasteiger partial charge in [-0.1, -0.05) is 0 Å². The number of pyridine rings is 1. The van der Waals surface area contributed by atoms with Crippen molar-refractivity contribution in [3.63, 3.8) is 0 Å². The molecule has 90 valence electrons. The maximum absolute atomic E-state index is 9.48. The van der Waals surface area contributed by atoms with Crippen LogP contribution in [0.5, 0.6) is 0 Å². The highest BCUT2D eigenvalue weighted by atomic mass is 16.5. The van der Waals surface area contributed by atoms with E-state index in [0.29, 0.717) is 0 Å². The highest BCUT2D eigenvalue weighted by Gasteiger charge is 2.06. The van der Waals surface area contributed by atoms with Crippen molar-refractivity contribution in [3.05, 3.63) is 23.9 Å². The van der Waals surface area contributed by atoms with Crippen LogP contribution in [0, 0.1) is 0 Å². The molecule has 4 nitrogen and oxygen atoms in total. The Morgan fingerprint density at radius 1 is 1.56 bits per heavy atom. The van der Waals surface area contributed by atoms with Crippen molar-refractivity contribution >= 4 is 5.82 Å². The first-order chi connectivity index (χ1) is 7.65. The predicted molar refractivity (Wildman–Crippen MR) is 64.6 cm³/mol. The zero-order valence-electron chi connectivity index (χ0n) is 10.2. The lowest BCUT2D eigenvalue weighted by molar-refractivity contribution is 0.196. The molecule has 1 rings (SSSR count). The second-order valence-corrected chi connectivity index (χ2v) is 3.89. The van der Waals surface area contributed by atoms with Crippen LogP contribution < -0.4 is 4.90 Å². The van der Waals surface area contributed by atoms with Gasteiger partial charge in [-0.2, -0.15) is 0 Å². The lowest BCUT2D eigenvalue weighted by atomic mass is 10.1. The Morgan fingerprint density at radius 2 is 2.31 bits per heavy atom. The fourth-order valence-electron chi connectivity index (χ4n) is 1.46. The van der Waals surface area contributed by atoms with E-state index >= 15 is 0 Å². The molecule has 0 aliphatic heterocycles. The van der Waals surface area contributed by atoms with E-state index in [9.17, 15) is 5.11 Å². The molecule has 0 aromatic carbocycles. The highest BCUT2D eigenvalue weighted by molar-refractivity contribution is 5.40. The van der Waals surface area contributed by atoms with Gasteiger partial charge >= 0.3 is 0 Å². The lowest BCUT2D eigenvalue weighted by Crippen LogP contribution is -2.21. The molecule has 1 atom stereocenters. The predicted octanol–water partition coefficient (Wildman–Crippen LogP) is 1.61. The minimum Gasteiger partial charge on any atom is -0.389 e. The van der Waals surface area contributed by atoms with Crippen LogP contribution >= 0.6 is 0 Å². The minimum atomic E-state index is -0.450. The van der Waals surface area contributed by atoms with Gasteiger partial charge in [-0.15, -0.1) is 0 Å². The molecule has 0 amide bonds. The van der Waals surface area contributed by atoms with E-state index in [0.717, 1.165) is 31.0 Å². The van der Waals surface area contributed by atoms with Crippen molar-refractivity contribution in [2.75, 3.05) is 32.2 Å². The van der Waals surface area contributed by atoms with Gasteiger partial charge in [0.2, 0.25) is 0 Å². The Bertz CT molecular complexity index is 316. The van der Waals surface area contributed by atoms with Gasteiger partial charge in [0.05, 0.1) is 6.10 Å². The Kier molecular flexibility index (Phi) is 5.22. The van der Waals surface area contributed by atoms with Crippen molar-refractivity contribution in [2.45, 2.75) is 19.4 Å². The molecule has 0 saturated carbocycles. The first-order valence-corrected chi connectivity index (χ1v) is 5.49. The van der Waals surface area contributed by atoms with Crippen LogP contribution in [0.15, 0.2) is 18.3 Å². The van der Waals surface area contributed by atoms with E-state index < -0.39 is 6.10 Å². The van der Waals surface area contributed by atoms with Gasteiger partial charge < -0.3 is 14.7 Å². The maximum atomic E-state index is 9.48. The van der Waals surface area contributed by atoms with Crippen molar-refractivity contribution in [1.82, 2.24) is 4.98 Å². The highest BCUT2D eigenvalue weighted by Crippen LogP contribution is 2.16. The topological polar surface area (TPSA) is 45.6 Å². The summed E-state index contributed by atoms with van der Waals surface area (Å²) in [6.07, 6.45) is 2.24. The minimum absolute atomic E-state index is 0.450. The van der Waals surface area contributed by atoms with Crippen LogP contribution in [0.1, 0.15) is 25.0 Å². The summed E-state index contributed by atoms with van der Waals surface area (Å²) in [6, 6.07) is 3.74. The van der Waals surface area contributed by atoms with Gasteiger partial charge in [0.25, 0.3) is 0 Å². The SMILES string of the molecule is COCCCN(C)c1cc(C(C)O)ccn1. The maximum Gasteiger partial charge on any atom is 0.128 e. The fourth-order valence-corrected chi connectivity index (χ4v) is 1.46. The average Bonchev–Trinajstić information content (AvgIpc) is 2.29. The molecule has 1 N–H and O–H groups in total. The Balaban J connectivity index is 2.60. The standard InChI is InChI=1S/C12H20N2O2/c1-10(15)11-5-6-13-12(9-11)14(2)7-4-8-16-3/h5-6,9-10,15H,4,7-8H2,1-3H3. The van der Waals surface area contributed by atoms with Crippen molar-refractivity contribution in [2.24, 2.45) is 0 Å². The van der Waals surface area contributed by atoms with Crippen LogP contribution in [-0.2, 0) is 4.74 Å². The van der Waals surface area contributed by atoms with E-state index in [4.69, 9.17) is 4.74 Å². The van der Waals surface area contributed by atoms with Gasteiger partial charge in [0.1, 0.15) is 5.82 Å². The average molecular weight is 224 g/mol. The number of ether oxygens (including phenoxy) is 1. The third kappa shape index (κ3) is 3.79. The number of aromatic nitrogens is 1. The summed E-state index contributed by atoms with van der Waals surface area (Å²) in [5.41, 5.74) is 0.892. The number of rotatable bonds is 6. The molecule has 16 heavy (non-hydrogen) atoms. The zero-order chi connectivity index (χ0) is 12.0. The summed E-state index contributed by atoms with van der Waals surface area (Å²) >= 11 is 0. The molecule has 0 aliphatic rings. The molecular formula is C12H20N2O2. The molecule has 1 aromatic rings. The molecule has 0 saturated heterocycles. The molecule has 4 heteroatoms. The molecule has 0 fully saturated rings. The van der Waals surface area contributed by atoms with Gasteiger partial charge in [-0.25, -0.2) is 4.98 Å². The van der Waals surface area contributed by atoms with Crippen molar-refractivity contribution < 1.29 is 9.84 Å². The first-order valence-electron chi connectivity index (χ1n) is 5.49. The van der Waals surface area contributed by atoms with E-state index in [1.807, 2.05) is 19.2 Å². The van der Waals surface area contributed by atoms with Crippen LogP contribution in [0.3, 0.4) is 0 Å². The Labute approximate surface area is 96.9 Å². The molecular weight excluding hydrogens is 204 g/mol. The van der Waals surface area contributed by atoms with Crippen LogP contribution in [0.25, 0.3) is 0 Å². The molecule has 1 aromatic heterocycles. The van der Waals surface area contributed by atoms with Crippen molar-refractivity contribution in [3.8, 4) is 0 Å². The van der Waals surface area contributed by atoms with Crippen LogP contribution in [-0.4, -0.2) is 37.4 Å². The fraction of sp³-hybridized carbons (Fsp3) is 0.583. The van der Waals surface area contributed by atoms with Gasteiger partial charge in [-0.3, -0.25) is 0 Å². The first kappa shape index (κ1) is 12.9. The van der Waals surface area contributed by atoms with Gasteiger partial charge in [0, 0.05) is 33.5 Å². The summed E-state index contributed by atoms with van der Waals surface area (Å²) in [4.78, 5) is 6.33. The van der Waals surface area contributed by atoms with Crippen molar-refractivity contribution in [1.29, 1.82) is 0 Å². The molecule has 0 radical (unpaired) electrons. The molecule has 1 heterocycles. The van der Waals surface area contributed by atoms with Crippen LogP contribution in [0.4, 0.5) is 5.82 Å². The van der Waals surface area contributed by atoms with E-state index in [-0.39, 0.29) is 0 Å². The molecule has 0 spiro atoms. The summed E-state index contributed by atoms with van der Waals surface area (Å²) in [5.74, 6) is 0.884. The molecule has 0 aliphatic carbocycles. The third-order valence-electron chi connectivity index (χ3n) is 2.49. The normalized spacial score (nSPS) is 12.5. The molecule has 1 unspecified atom stereocenters. The Morgan fingerprint density at radius 3 is 2.94 bits per heavy atom. The van der Waals surface area contributed by atoms with E-state index in [1.165, 1.54) is 0 Å². The number of hydrogen-bond acceptors (Lipinski definition) is 4. The second kappa shape index (κ2) is 6.45. The number of aliphatic hydroxyl groups excluding tert-OH is 1. The summed E-state index contributed by atoms with van der Waals surface area (Å²) in [7, 11) is 3.69. The summed E-state index contributed by atoms with van der Waals surface area (Å²) in [5, 5.41) is 9.48. The zero-order valence-corrected chi connectivity index (χ0v) is 10.2. The number of nitrogens with zero attached hydrogens (tertiary/aromatic N) is 2. The monoisotopic (exact) mass is 224 g/mol. The summed E-state index contributed by atoms with van der Waals surface area (Å²) < 4.78 is 5.00. The second-order valence-electron chi connectivity index (χ2n) is 3.89. The quantitative estimate of drug-likeness (QED) is 0.746.